The van der Waals surface area contributed by atoms with Crippen LogP contribution in [-0.2, 0) is 0 Å². The summed E-state index contributed by atoms with van der Waals surface area (Å²) >= 11 is 1.96. The highest BCUT2D eigenvalue weighted by Gasteiger charge is 2.23. The van der Waals surface area contributed by atoms with Crippen LogP contribution in [0.5, 0.6) is 0 Å². The van der Waals surface area contributed by atoms with Crippen molar-refractivity contribution in [3.8, 4) is 0 Å². The highest BCUT2D eigenvalue weighted by molar-refractivity contribution is 8.00. The minimum absolute atomic E-state index is 0.152. The normalized spacial score (nSPS) is 32.2. The minimum Gasteiger partial charge on any atom is -0.394 e. The topological polar surface area (TPSA) is 52.5 Å². The molecule has 4 heteroatoms. The van der Waals surface area contributed by atoms with E-state index in [9.17, 15) is 0 Å². The van der Waals surface area contributed by atoms with Crippen molar-refractivity contribution in [2.24, 2.45) is 0 Å². The minimum atomic E-state index is -0.609. The van der Waals surface area contributed by atoms with E-state index in [1.165, 1.54) is 12.2 Å². The molecule has 1 aliphatic rings. The number of thioether (sulfide) groups is 1. The summed E-state index contributed by atoms with van der Waals surface area (Å²) in [5.74, 6) is 1.20. The first-order valence-corrected chi connectivity index (χ1v) is 5.43. The van der Waals surface area contributed by atoms with Gasteiger partial charge in [0.25, 0.3) is 0 Å². The average Bonchev–Trinajstić information content (AvgIpc) is 2.47. The molecule has 3 N–H and O–H groups in total. The Bertz CT molecular complexity index is 134. The van der Waals surface area contributed by atoms with Crippen molar-refractivity contribution in [2.45, 2.75) is 30.7 Å². The number of rotatable bonds is 4. The van der Waals surface area contributed by atoms with Gasteiger partial charge >= 0.3 is 0 Å². The van der Waals surface area contributed by atoms with Crippen LogP contribution in [0, 0.1) is 0 Å². The maximum Gasteiger partial charge on any atom is 0.0895 e. The van der Waals surface area contributed by atoms with E-state index < -0.39 is 6.10 Å². The van der Waals surface area contributed by atoms with E-state index in [0.29, 0.717) is 17.8 Å². The smallest absolute Gasteiger partial charge is 0.0895 e. The maximum atomic E-state index is 9.09. The Morgan fingerprint density at radius 1 is 1.67 bits per heavy atom. The number of nitrogens with one attached hydrogen (secondary N) is 1. The number of hydrogen-bond donors (Lipinski definition) is 3. The summed E-state index contributed by atoms with van der Waals surface area (Å²) in [5.41, 5.74) is 0. The molecule has 0 aliphatic carbocycles. The lowest BCUT2D eigenvalue weighted by Gasteiger charge is -2.17. The molecule has 3 atom stereocenters. The third-order valence-electron chi connectivity index (χ3n) is 2.20. The van der Waals surface area contributed by atoms with E-state index in [1.807, 2.05) is 11.8 Å². The summed E-state index contributed by atoms with van der Waals surface area (Å²) in [6.45, 7) is 2.55. The quantitative estimate of drug-likeness (QED) is 0.577. The lowest BCUT2D eigenvalue weighted by Crippen LogP contribution is -2.39. The molecule has 1 rings (SSSR count). The molecular weight excluding hydrogens is 174 g/mol. The fourth-order valence-electron chi connectivity index (χ4n) is 1.35. The first-order valence-electron chi connectivity index (χ1n) is 4.38. The largest absolute Gasteiger partial charge is 0.394 e. The van der Waals surface area contributed by atoms with Crippen molar-refractivity contribution in [2.75, 3.05) is 18.9 Å². The van der Waals surface area contributed by atoms with Gasteiger partial charge in [0.15, 0.2) is 0 Å². The molecule has 0 saturated carbocycles. The molecule has 0 radical (unpaired) electrons. The van der Waals surface area contributed by atoms with Crippen LogP contribution in [0.3, 0.4) is 0 Å². The first-order chi connectivity index (χ1) is 5.74. The summed E-state index contributed by atoms with van der Waals surface area (Å²) in [4.78, 5) is 0. The Morgan fingerprint density at radius 2 is 2.42 bits per heavy atom. The highest BCUT2D eigenvalue weighted by atomic mass is 32.2. The molecule has 3 unspecified atom stereocenters. The number of aliphatic hydroxyl groups is 2. The van der Waals surface area contributed by atoms with Crippen molar-refractivity contribution in [3.05, 3.63) is 0 Å². The van der Waals surface area contributed by atoms with Crippen LogP contribution in [0.4, 0.5) is 0 Å². The van der Waals surface area contributed by atoms with E-state index in [4.69, 9.17) is 10.2 Å². The average molecular weight is 191 g/mol. The van der Waals surface area contributed by atoms with Crippen LogP contribution < -0.4 is 5.32 Å². The molecule has 0 spiro atoms. The number of hydrogen-bond acceptors (Lipinski definition) is 4. The Labute approximate surface area is 77.5 Å². The van der Waals surface area contributed by atoms with Crippen LogP contribution in [0.2, 0.25) is 0 Å². The molecule has 1 heterocycles. The molecule has 1 aliphatic heterocycles. The summed E-state index contributed by atoms with van der Waals surface area (Å²) in [7, 11) is 0. The molecular formula is C8H17NO2S. The van der Waals surface area contributed by atoms with Gasteiger partial charge in [0.2, 0.25) is 0 Å². The zero-order valence-electron chi connectivity index (χ0n) is 7.36. The van der Waals surface area contributed by atoms with Gasteiger partial charge < -0.3 is 15.5 Å². The van der Waals surface area contributed by atoms with E-state index in [1.54, 1.807) is 0 Å². The second kappa shape index (κ2) is 5.07. The molecule has 0 aromatic rings. The van der Waals surface area contributed by atoms with Crippen molar-refractivity contribution >= 4 is 11.8 Å². The molecule has 12 heavy (non-hydrogen) atoms. The Hall–Kier alpha value is 0.230. The Morgan fingerprint density at radius 3 is 2.92 bits per heavy atom. The van der Waals surface area contributed by atoms with E-state index >= 15 is 0 Å². The van der Waals surface area contributed by atoms with Gasteiger partial charge in [0.1, 0.15) is 0 Å². The first kappa shape index (κ1) is 10.3. The van der Waals surface area contributed by atoms with Crippen LogP contribution in [0.25, 0.3) is 0 Å². The Kier molecular flexibility index (Phi) is 4.35. The Balaban J connectivity index is 2.13. The summed E-state index contributed by atoms with van der Waals surface area (Å²) in [5, 5.41) is 21.6. The monoisotopic (exact) mass is 191 g/mol. The molecule has 0 bridgehead atoms. The van der Waals surface area contributed by atoms with Crippen molar-refractivity contribution < 1.29 is 10.2 Å². The standard InChI is InChI=1S/C8H17NO2S/c1-6-8(2-3-12-6)9-4-7(11)5-10/h6-11H,2-5H2,1H3. The molecule has 1 fully saturated rings. The predicted molar refractivity (Wildman–Crippen MR) is 51.4 cm³/mol. The van der Waals surface area contributed by atoms with Crippen LogP contribution in [0.1, 0.15) is 13.3 Å². The van der Waals surface area contributed by atoms with E-state index in [-0.39, 0.29) is 6.61 Å². The summed E-state index contributed by atoms with van der Waals surface area (Å²) in [6.07, 6.45) is 0.562. The molecule has 0 aromatic heterocycles. The van der Waals surface area contributed by atoms with Gasteiger partial charge in [-0.2, -0.15) is 11.8 Å². The van der Waals surface area contributed by atoms with Crippen molar-refractivity contribution in [1.82, 2.24) is 5.32 Å². The summed E-state index contributed by atoms with van der Waals surface area (Å²) in [6, 6.07) is 0.510. The highest BCUT2D eigenvalue weighted by Crippen LogP contribution is 2.25. The zero-order chi connectivity index (χ0) is 8.97. The fourth-order valence-corrected chi connectivity index (χ4v) is 2.58. The molecule has 0 amide bonds. The fraction of sp³-hybridized carbons (Fsp3) is 1.00. The lowest BCUT2D eigenvalue weighted by molar-refractivity contribution is 0.0920. The molecule has 0 aromatic carbocycles. The molecule has 3 nitrogen and oxygen atoms in total. The van der Waals surface area contributed by atoms with Crippen LogP contribution in [-0.4, -0.2) is 46.5 Å². The van der Waals surface area contributed by atoms with Gasteiger partial charge in [-0.05, 0) is 12.2 Å². The predicted octanol–water partition coefficient (Wildman–Crippen LogP) is -0.177. The van der Waals surface area contributed by atoms with Gasteiger partial charge in [0.05, 0.1) is 12.7 Å². The number of aliphatic hydroxyl groups excluding tert-OH is 2. The van der Waals surface area contributed by atoms with Gasteiger partial charge in [-0.1, -0.05) is 6.92 Å². The van der Waals surface area contributed by atoms with E-state index in [0.717, 1.165) is 0 Å². The maximum absolute atomic E-state index is 9.09. The van der Waals surface area contributed by atoms with Crippen molar-refractivity contribution in [1.29, 1.82) is 0 Å². The van der Waals surface area contributed by atoms with Gasteiger partial charge in [-0.3, -0.25) is 0 Å². The summed E-state index contributed by atoms with van der Waals surface area (Å²) < 4.78 is 0. The third-order valence-corrected chi connectivity index (χ3v) is 3.53. The van der Waals surface area contributed by atoms with Gasteiger partial charge in [-0.15, -0.1) is 0 Å². The SMILES string of the molecule is CC1SCCC1NCC(O)CO. The van der Waals surface area contributed by atoms with Crippen molar-refractivity contribution in [3.63, 3.8) is 0 Å². The molecule has 72 valence electrons. The second-order valence-electron chi connectivity index (χ2n) is 3.22. The van der Waals surface area contributed by atoms with Gasteiger partial charge in [0, 0.05) is 17.8 Å². The van der Waals surface area contributed by atoms with Gasteiger partial charge in [-0.25, -0.2) is 0 Å². The van der Waals surface area contributed by atoms with Crippen LogP contribution >= 0.6 is 11.8 Å². The zero-order valence-corrected chi connectivity index (χ0v) is 8.18. The van der Waals surface area contributed by atoms with Crippen LogP contribution in [0.15, 0.2) is 0 Å². The third kappa shape index (κ3) is 2.94. The molecule has 1 saturated heterocycles. The lowest BCUT2D eigenvalue weighted by atomic mass is 10.1. The van der Waals surface area contributed by atoms with E-state index in [2.05, 4.69) is 12.2 Å². The second-order valence-corrected chi connectivity index (χ2v) is 4.70.